The Hall–Kier alpha value is -3.22. The monoisotopic (exact) mass is 339 g/mol. The number of carbonyl (C=O) groups excluding carboxylic acids is 1. The standard InChI is InChI=1S/C18H17N3O4/c1-13-6-2-5-9-16(13)24-11-10-17(22)25-12-21-18(23)14-7-3-4-8-15(14)19-20-21/h2-9H,10-12H2,1H3. The molecule has 1 heterocycles. The molecule has 2 aromatic carbocycles. The van der Waals surface area contributed by atoms with Crippen LogP contribution in [0.1, 0.15) is 12.0 Å². The van der Waals surface area contributed by atoms with Crippen LogP contribution in [0.25, 0.3) is 10.9 Å². The number of esters is 1. The molecule has 0 saturated heterocycles. The number of aromatic nitrogens is 3. The number of aryl methyl sites for hydroxylation is 1. The first-order valence-electron chi connectivity index (χ1n) is 7.82. The Morgan fingerprint density at radius 2 is 1.88 bits per heavy atom. The quantitative estimate of drug-likeness (QED) is 0.639. The fourth-order valence-corrected chi connectivity index (χ4v) is 2.28. The first-order valence-corrected chi connectivity index (χ1v) is 7.82. The molecule has 0 bridgehead atoms. The molecule has 0 saturated carbocycles. The summed E-state index contributed by atoms with van der Waals surface area (Å²) in [6.45, 7) is 1.85. The highest BCUT2D eigenvalue weighted by Crippen LogP contribution is 2.16. The van der Waals surface area contributed by atoms with E-state index in [9.17, 15) is 9.59 Å². The van der Waals surface area contributed by atoms with Crippen molar-refractivity contribution in [2.75, 3.05) is 6.61 Å². The Bertz CT molecular complexity index is 952. The Kier molecular flexibility index (Phi) is 5.03. The molecule has 0 radical (unpaired) electrons. The minimum atomic E-state index is -0.476. The molecule has 1 aromatic heterocycles. The Labute approximate surface area is 143 Å². The third-order valence-electron chi connectivity index (χ3n) is 3.63. The zero-order valence-electron chi connectivity index (χ0n) is 13.7. The average Bonchev–Trinajstić information content (AvgIpc) is 2.63. The number of hydrogen-bond acceptors (Lipinski definition) is 6. The van der Waals surface area contributed by atoms with Crippen LogP contribution < -0.4 is 10.3 Å². The van der Waals surface area contributed by atoms with Crippen molar-refractivity contribution in [1.82, 2.24) is 15.0 Å². The molecule has 25 heavy (non-hydrogen) atoms. The number of fused-ring (bicyclic) bond motifs is 1. The van der Waals surface area contributed by atoms with E-state index in [1.165, 1.54) is 0 Å². The molecule has 0 atom stereocenters. The normalized spacial score (nSPS) is 10.6. The van der Waals surface area contributed by atoms with Gasteiger partial charge in [0.25, 0.3) is 5.56 Å². The maximum atomic E-state index is 12.2. The third kappa shape index (κ3) is 4.00. The topological polar surface area (TPSA) is 83.3 Å². The lowest BCUT2D eigenvalue weighted by Gasteiger charge is -2.09. The molecular formula is C18H17N3O4. The molecule has 0 fully saturated rings. The second kappa shape index (κ2) is 7.57. The highest BCUT2D eigenvalue weighted by atomic mass is 16.5. The van der Waals surface area contributed by atoms with Gasteiger partial charge in [-0.05, 0) is 30.7 Å². The van der Waals surface area contributed by atoms with E-state index in [1.54, 1.807) is 24.3 Å². The van der Waals surface area contributed by atoms with Crippen molar-refractivity contribution in [2.45, 2.75) is 20.1 Å². The summed E-state index contributed by atoms with van der Waals surface area (Å²) in [6.07, 6.45) is 0.0735. The lowest BCUT2D eigenvalue weighted by Crippen LogP contribution is -2.26. The smallest absolute Gasteiger partial charge is 0.311 e. The number of ether oxygens (including phenoxy) is 2. The third-order valence-corrected chi connectivity index (χ3v) is 3.63. The van der Waals surface area contributed by atoms with Gasteiger partial charge < -0.3 is 9.47 Å². The van der Waals surface area contributed by atoms with Gasteiger partial charge in [-0.3, -0.25) is 9.59 Å². The van der Waals surface area contributed by atoms with E-state index >= 15 is 0 Å². The number of benzene rings is 2. The highest BCUT2D eigenvalue weighted by Gasteiger charge is 2.08. The molecule has 3 aromatic rings. The number of hydrogen-bond donors (Lipinski definition) is 0. The Morgan fingerprint density at radius 3 is 2.72 bits per heavy atom. The summed E-state index contributed by atoms with van der Waals surface area (Å²) < 4.78 is 11.6. The van der Waals surface area contributed by atoms with Crippen LogP contribution in [-0.4, -0.2) is 27.6 Å². The van der Waals surface area contributed by atoms with Gasteiger partial charge in [0, 0.05) is 0 Å². The van der Waals surface area contributed by atoms with Gasteiger partial charge >= 0.3 is 5.97 Å². The molecule has 0 N–H and O–H groups in total. The van der Waals surface area contributed by atoms with Gasteiger partial charge in [0.1, 0.15) is 11.3 Å². The zero-order valence-corrected chi connectivity index (χ0v) is 13.7. The van der Waals surface area contributed by atoms with E-state index in [1.807, 2.05) is 31.2 Å². The largest absolute Gasteiger partial charge is 0.493 e. The first-order chi connectivity index (χ1) is 12.1. The minimum absolute atomic E-state index is 0.0735. The minimum Gasteiger partial charge on any atom is -0.493 e. The van der Waals surface area contributed by atoms with Crippen molar-refractivity contribution in [3.8, 4) is 5.75 Å². The van der Waals surface area contributed by atoms with E-state index in [0.717, 1.165) is 16.0 Å². The maximum absolute atomic E-state index is 12.2. The fraction of sp³-hybridized carbons (Fsp3) is 0.222. The maximum Gasteiger partial charge on any atom is 0.311 e. The predicted octanol–water partition coefficient (Wildman–Crippen LogP) is 2.07. The van der Waals surface area contributed by atoms with Crippen LogP contribution in [-0.2, 0) is 16.3 Å². The molecule has 7 nitrogen and oxygen atoms in total. The number of nitrogens with zero attached hydrogens (tertiary/aromatic N) is 3. The Morgan fingerprint density at radius 1 is 1.12 bits per heavy atom. The van der Waals surface area contributed by atoms with Crippen LogP contribution in [0.15, 0.2) is 53.3 Å². The van der Waals surface area contributed by atoms with Crippen LogP contribution >= 0.6 is 0 Å². The summed E-state index contributed by atoms with van der Waals surface area (Å²) >= 11 is 0. The van der Waals surface area contributed by atoms with Crippen LogP contribution in [0.2, 0.25) is 0 Å². The Balaban J connectivity index is 1.53. The second-order valence-corrected chi connectivity index (χ2v) is 5.42. The summed E-state index contributed by atoms with van der Waals surface area (Å²) in [5.74, 6) is 0.252. The number of carbonyl (C=O) groups is 1. The second-order valence-electron chi connectivity index (χ2n) is 5.42. The number of para-hydroxylation sites is 1. The molecule has 0 unspecified atom stereocenters. The summed E-state index contributed by atoms with van der Waals surface area (Å²) in [4.78, 5) is 24.0. The summed E-state index contributed by atoms with van der Waals surface area (Å²) in [7, 11) is 0. The van der Waals surface area contributed by atoms with Gasteiger partial charge in [0.15, 0.2) is 6.73 Å². The average molecular weight is 339 g/mol. The molecule has 0 aliphatic rings. The van der Waals surface area contributed by atoms with Crippen LogP contribution in [0.5, 0.6) is 5.75 Å². The van der Waals surface area contributed by atoms with Crippen molar-refractivity contribution in [3.63, 3.8) is 0 Å². The van der Waals surface area contributed by atoms with Gasteiger partial charge in [-0.15, -0.1) is 5.10 Å². The summed E-state index contributed by atoms with van der Waals surface area (Å²) in [5, 5.41) is 8.12. The highest BCUT2D eigenvalue weighted by molar-refractivity contribution is 5.76. The van der Waals surface area contributed by atoms with Gasteiger partial charge in [-0.2, -0.15) is 4.68 Å². The van der Waals surface area contributed by atoms with E-state index in [0.29, 0.717) is 10.9 Å². The first kappa shape index (κ1) is 16.6. The van der Waals surface area contributed by atoms with Crippen LogP contribution in [0.4, 0.5) is 0 Å². The van der Waals surface area contributed by atoms with Gasteiger partial charge in [-0.25, -0.2) is 0 Å². The molecule has 3 rings (SSSR count). The van der Waals surface area contributed by atoms with E-state index in [-0.39, 0.29) is 25.3 Å². The van der Waals surface area contributed by atoms with E-state index in [2.05, 4.69) is 10.3 Å². The van der Waals surface area contributed by atoms with Crippen molar-refractivity contribution in [3.05, 3.63) is 64.4 Å². The fourth-order valence-electron chi connectivity index (χ4n) is 2.28. The SMILES string of the molecule is Cc1ccccc1OCCC(=O)OCn1nnc2ccccc2c1=O. The van der Waals surface area contributed by atoms with Crippen molar-refractivity contribution < 1.29 is 14.3 Å². The summed E-state index contributed by atoms with van der Waals surface area (Å²) in [5.41, 5.74) is 1.14. The molecule has 0 aliphatic carbocycles. The van der Waals surface area contributed by atoms with Gasteiger partial charge in [0.2, 0.25) is 0 Å². The lowest BCUT2D eigenvalue weighted by atomic mass is 10.2. The van der Waals surface area contributed by atoms with Crippen molar-refractivity contribution in [2.24, 2.45) is 0 Å². The molecule has 128 valence electrons. The molecule has 7 heteroatoms. The molecule has 0 amide bonds. The summed E-state index contributed by atoms with van der Waals surface area (Å²) in [6, 6.07) is 14.4. The predicted molar refractivity (Wildman–Crippen MR) is 91.2 cm³/mol. The number of rotatable bonds is 6. The zero-order chi connectivity index (χ0) is 17.6. The lowest BCUT2D eigenvalue weighted by molar-refractivity contribution is -0.148. The van der Waals surface area contributed by atoms with Crippen molar-refractivity contribution >= 4 is 16.9 Å². The van der Waals surface area contributed by atoms with Crippen molar-refractivity contribution in [1.29, 1.82) is 0 Å². The van der Waals surface area contributed by atoms with E-state index in [4.69, 9.17) is 9.47 Å². The van der Waals surface area contributed by atoms with E-state index < -0.39 is 5.97 Å². The van der Waals surface area contributed by atoms with Gasteiger partial charge in [-0.1, -0.05) is 35.5 Å². The molecular weight excluding hydrogens is 322 g/mol. The van der Waals surface area contributed by atoms with Crippen LogP contribution in [0, 0.1) is 6.92 Å². The molecule has 0 aliphatic heterocycles. The van der Waals surface area contributed by atoms with Gasteiger partial charge in [0.05, 0.1) is 18.4 Å². The molecule has 0 spiro atoms. The van der Waals surface area contributed by atoms with Crippen LogP contribution in [0.3, 0.4) is 0 Å².